The van der Waals surface area contributed by atoms with E-state index in [1.54, 1.807) is 16.4 Å². The summed E-state index contributed by atoms with van der Waals surface area (Å²) in [6.07, 6.45) is 2.56. The average molecular weight is 378 g/mol. The van der Waals surface area contributed by atoms with Gasteiger partial charge in [0.25, 0.3) is 10.0 Å². The molecule has 0 bridgehead atoms. The zero-order valence-electron chi connectivity index (χ0n) is 14.2. The third-order valence-corrected chi connectivity index (χ3v) is 8.29. The van der Waals surface area contributed by atoms with E-state index in [0.717, 1.165) is 26.2 Å². The van der Waals surface area contributed by atoms with Crippen molar-refractivity contribution in [3.8, 4) is 0 Å². The summed E-state index contributed by atoms with van der Waals surface area (Å²) in [6.45, 7) is 4.83. The number of hydrogen-bond acceptors (Lipinski definition) is 5. The molecule has 0 aliphatic carbocycles. The first-order valence-electron chi connectivity index (χ1n) is 8.78. The summed E-state index contributed by atoms with van der Waals surface area (Å²) in [7, 11) is -3.32. The minimum absolute atomic E-state index is 0.441. The fourth-order valence-corrected chi connectivity index (χ4v) is 6.14. The molecule has 0 radical (unpaired) electrons. The number of nitrogens with zero attached hydrogens (tertiary/aromatic N) is 3. The maximum absolute atomic E-state index is 12.6. The minimum atomic E-state index is -3.32. The molecule has 0 amide bonds. The SMILES string of the molecule is O=S(=O)(c1cccs1)N1CCN(c2ccc(N3CCCC3)cc2)CC1. The molecule has 2 saturated heterocycles. The van der Waals surface area contributed by atoms with E-state index in [-0.39, 0.29) is 0 Å². The molecule has 0 unspecified atom stereocenters. The predicted octanol–water partition coefficient (Wildman–Crippen LogP) is 2.86. The highest BCUT2D eigenvalue weighted by atomic mass is 32.2. The Morgan fingerprint density at radius 1 is 0.760 bits per heavy atom. The van der Waals surface area contributed by atoms with Crippen LogP contribution in [0.2, 0.25) is 0 Å². The summed E-state index contributed by atoms with van der Waals surface area (Å²) in [5.74, 6) is 0. The van der Waals surface area contributed by atoms with Gasteiger partial charge < -0.3 is 9.80 Å². The van der Waals surface area contributed by atoms with E-state index >= 15 is 0 Å². The van der Waals surface area contributed by atoms with Crippen LogP contribution in [-0.4, -0.2) is 52.0 Å². The van der Waals surface area contributed by atoms with E-state index in [4.69, 9.17) is 0 Å². The van der Waals surface area contributed by atoms with E-state index in [0.29, 0.717) is 17.3 Å². The molecule has 3 heterocycles. The van der Waals surface area contributed by atoms with Crippen molar-refractivity contribution in [2.45, 2.75) is 17.1 Å². The van der Waals surface area contributed by atoms with Crippen molar-refractivity contribution in [2.75, 3.05) is 49.1 Å². The molecule has 25 heavy (non-hydrogen) atoms. The molecule has 2 aromatic rings. The van der Waals surface area contributed by atoms with Crippen LogP contribution in [0.15, 0.2) is 46.0 Å². The monoisotopic (exact) mass is 377 g/mol. The zero-order valence-corrected chi connectivity index (χ0v) is 15.8. The van der Waals surface area contributed by atoms with E-state index in [1.807, 2.05) is 5.38 Å². The Kier molecular flexibility index (Phi) is 4.71. The Bertz CT molecular complexity index is 789. The average Bonchev–Trinajstić information content (AvgIpc) is 3.36. The Morgan fingerprint density at radius 2 is 1.32 bits per heavy atom. The van der Waals surface area contributed by atoms with Crippen molar-refractivity contribution < 1.29 is 8.42 Å². The van der Waals surface area contributed by atoms with Gasteiger partial charge in [-0.1, -0.05) is 6.07 Å². The molecule has 7 heteroatoms. The Balaban J connectivity index is 1.40. The van der Waals surface area contributed by atoms with E-state index < -0.39 is 10.0 Å². The summed E-state index contributed by atoms with van der Waals surface area (Å²) in [5.41, 5.74) is 2.47. The summed E-state index contributed by atoms with van der Waals surface area (Å²) < 4.78 is 27.2. The van der Waals surface area contributed by atoms with Gasteiger partial charge in [0.1, 0.15) is 4.21 Å². The van der Waals surface area contributed by atoms with Gasteiger partial charge in [-0.15, -0.1) is 11.3 Å². The molecule has 0 spiro atoms. The van der Waals surface area contributed by atoms with Crippen LogP contribution in [0.25, 0.3) is 0 Å². The van der Waals surface area contributed by atoms with Crippen molar-refractivity contribution in [3.05, 3.63) is 41.8 Å². The van der Waals surface area contributed by atoms with Crippen molar-refractivity contribution in [3.63, 3.8) is 0 Å². The van der Waals surface area contributed by atoms with E-state index in [9.17, 15) is 8.42 Å². The molecule has 134 valence electrons. The first-order chi connectivity index (χ1) is 12.1. The Hall–Kier alpha value is -1.57. The lowest BCUT2D eigenvalue weighted by atomic mass is 10.2. The fraction of sp³-hybridized carbons (Fsp3) is 0.444. The van der Waals surface area contributed by atoms with Crippen LogP contribution in [0.3, 0.4) is 0 Å². The molecule has 0 atom stereocenters. The van der Waals surface area contributed by atoms with Gasteiger partial charge in [-0.2, -0.15) is 4.31 Å². The second kappa shape index (κ2) is 6.97. The van der Waals surface area contributed by atoms with Gasteiger partial charge in [0.15, 0.2) is 0 Å². The van der Waals surface area contributed by atoms with Gasteiger partial charge >= 0.3 is 0 Å². The number of anilines is 2. The minimum Gasteiger partial charge on any atom is -0.372 e. The number of hydrogen-bond donors (Lipinski definition) is 0. The van der Waals surface area contributed by atoms with Gasteiger partial charge in [0.2, 0.25) is 0 Å². The summed E-state index contributed by atoms with van der Waals surface area (Å²) in [4.78, 5) is 4.70. The molecule has 2 fully saturated rings. The van der Waals surface area contributed by atoms with Gasteiger partial charge in [0.05, 0.1) is 0 Å². The highest BCUT2D eigenvalue weighted by molar-refractivity contribution is 7.91. The summed E-state index contributed by atoms with van der Waals surface area (Å²) in [6, 6.07) is 12.2. The predicted molar refractivity (Wildman–Crippen MR) is 103 cm³/mol. The number of sulfonamides is 1. The maximum Gasteiger partial charge on any atom is 0.252 e. The summed E-state index contributed by atoms with van der Waals surface area (Å²) in [5, 5.41) is 1.81. The van der Waals surface area contributed by atoms with Gasteiger partial charge in [-0.3, -0.25) is 0 Å². The van der Waals surface area contributed by atoms with E-state index in [1.165, 1.54) is 35.6 Å². The molecule has 2 aliphatic heterocycles. The van der Waals surface area contributed by atoms with Crippen LogP contribution in [0.4, 0.5) is 11.4 Å². The smallest absolute Gasteiger partial charge is 0.252 e. The van der Waals surface area contributed by atoms with Crippen molar-refractivity contribution in [2.24, 2.45) is 0 Å². The van der Waals surface area contributed by atoms with Crippen LogP contribution >= 0.6 is 11.3 Å². The Morgan fingerprint density at radius 3 is 1.84 bits per heavy atom. The second-order valence-electron chi connectivity index (χ2n) is 6.53. The fourth-order valence-electron chi connectivity index (χ4n) is 3.57. The molecular formula is C18H23N3O2S2. The normalized spacial score (nSPS) is 19.5. The second-order valence-corrected chi connectivity index (χ2v) is 9.65. The van der Waals surface area contributed by atoms with Crippen molar-refractivity contribution in [1.82, 2.24) is 4.31 Å². The third kappa shape index (κ3) is 3.41. The number of benzene rings is 1. The number of piperazine rings is 1. The molecule has 2 aliphatic rings. The first kappa shape index (κ1) is 16.9. The molecule has 0 saturated carbocycles. The highest BCUT2D eigenvalue weighted by Crippen LogP contribution is 2.26. The zero-order chi connectivity index (χ0) is 17.3. The van der Waals surface area contributed by atoms with Crippen LogP contribution in [0.1, 0.15) is 12.8 Å². The summed E-state index contributed by atoms with van der Waals surface area (Å²) >= 11 is 1.29. The van der Waals surface area contributed by atoms with Gasteiger partial charge in [0, 0.05) is 50.6 Å². The largest absolute Gasteiger partial charge is 0.372 e. The van der Waals surface area contributed by atoms with Crippen LogP contribution < -0.4 is 9.80 Å². The molecule has 5 nitrogen and oxygen atoms in total. The van der Waals surface area contributed by atoms with Crippen LogP contribution in [0.5, 0.6) is 0 Å². The molecule has 1 aromatic heterocycles. The van der Waals surface area contributed by atoms with Gasteiger partial charge in [-0.05, 0) is 48.6 Å². The molecule has 4 rings (SSSR count). The standard InChI is InChI=1S/C18H23N3O2S2/c22-25(23,18-4-3-15-24-18)21-13-11-20(12-14-21)17-7-5-16(6-8-17)19-9-1-2-10-19/h3-8,15H,1-2,9-14H2. The molecule has 1 aromatic carbocycles. The Labute approximate surface area is 153 Å². The quantitative estimate of drug-likeness (QED) is 0.822. The number of rotatable bonds is 4. The van der Waals surface area contributed by atoms with Crippen molar-refractivity contribution >= 4 is 32.7 Å². The lowest BCUT2D eigenvalue weighted by Gasteiger charge is -2.35. The number of thiophene rings is 1. The molecular weight excluding hydrogens is 354 g/mol. The van der Waals surface area contributed by atoms with Crippen LogP contribution in [-0.2, 0) is 10.0 Å². The topological polar surface area (TPSA) is 43.9 Å². The maximum atomic E-state index is 12.6. The molecule has 0 N–H and O–H groups in total. The van der Waals surface area contributed by atoms with Crippen molar-refractivity contribution in [1.29, 1.82) is 0 Å². The van der Waals surface area contributed by atoms with Crippen LogP contribution in [0, 0.1) is 0 Å². The lowest BCUT2D eigenvalue weighted by Crippen LogP contribution is -2.48. The van der Waals surface area contributed by atoms with E-state index in [2.05, 4.69) is 34.1 Å². The lowest BCUT2D eigenvalue weighted by molar-refractivity contribution is 0.386. The van der Waals surface area contributed by atoms with Gasteiger partial charge in [-0.25, -0.2) is 8.42 Å². The first-order valence-corrected chi connectivity index (χ1v) is 11.1. The third-order valence-electron chi connectivity index (χ3n) is 5.01. The highest BCUT2D eigenvalue weighted by Gasteiger charge is 2.29.